The van der Waals surface area contributed by atoms with Crippen LogP contribution in [0.1, 0.15) is 25.5 Å². The Hall–Kier alpha value is -1.55. The van der Waals surface area contributed by atoms with Crippen LogP contribution < -0.4 is 15.8 Å². The predicted molar refractivity (Wildman–Crippen MR) is 57.8 cm³/mol. The molecule has 3 N–H and O–H groups in total. The van der Waals surface area contributed by atoms with Gasteiger partial charge in [0.2, 0.25) is 0 Å². The lowest BCUT2D eigenvalue weighted by atomic mass is 10.1. The van der Waals surface area contributed by atoms with Crippen LogP contribution in [0, 0.1) is 0 Å². The monoisotopic (exact) mass is 206 g/mol. The van der Waals surface area contributed by atoms with Crippen molar-refractivity contribution in [3.8, 4) is 5.75 Å². The lowest BCUT2D eigenvalue weighted by molar-refractivity contribution is -0.122. The summed E-state index contributed by atoms with van der Waals surface area (Å²) in [5.74, 6) is 0.579. The van der Waals surface area contributed by atoms with E-state index in [9.17, 15) is 4.79 Å². The van der Waals surface area contributed by atoms with Crippen LogP contribution in [0.2, 0.25) is 0 Å². The number of carbonyl (C=O) groups is 1. The van der Waals surface area contributed by atoms with Gasteiger partial charge in [-0.2, -0.15) is 0 Å². The summed E-state index contributed by atoms with van der Waals surface area (Å²) in [6, 6.07) is 5.55. The minimum absolute atomic E-state index is 0.0495. The quantitative estimate of drug-likeness (QED) is 0.730. The van der Waals surface area contributed by atoms with Crippen LogP contribution >= 0.6 is 0 Å². The zero-order valence-electron chi connectivity index (χ0n) is 8.78. The first-order valence-corrected chi connectivity index (χ1v) is 4.95. The molecule has 1 aromatic rings. The van der Waals surface area contributed by atoms with E-state index in [-0.39, 0.29) is 11.9 Å². The van der Waals surface area contributed by atoms with E-state index in [1.54, 1.807) is 6.92 Å². The maximum absolute atomic E-state index is 11.4. The molecule has 0 fully saturated rings. The van der Waals surface area contributed by atoms with E-state index < -0.39 is 6.10 Å². The highest BCUT2D eigenvalue weighted by atomic mass is 16.5. The fraction of sp³-hybridized carbons (Fsp3) is 0.364. The SMILES string of the molecule is CC1Oc2ccc([C@H](C)N)cc2NC1=O. The average molecular weight is 206 g/mol. The second kappa shape index (κ2) is 3.55. The van der Waals surface area contributed by atoms with E-state index in [1.807, 2.05) is 25.1 Å². The third-order valence-electron chi connectivity index (χ3n) is 2.46. The zero-order valence-corrected chi connectivity index (χ0v) is 8.78. The molecule has 0 aromatic heterocycles. The molecule has 15 heavy (non-hydrogen) atoms. The fourth-order valence-corrected chi connectivity index (χ4v) is 1.51. The number of rotatable bonds is 1. The van der Waals surface area contributed by atoms with Gasteiger partial charge in [0, 0.05) is 6.04 Å². The summed E-state index contributed by atoms with van der Waals surface area (Å²) >= 11 is 0. The molecule has 0 bridgehead atoms. The van der Waals surface area contributed by atoms with Crippen molar-refractivity contribution in [2.24, 2.45) is 5.73 Å². The van der Waals surface area contributed by atoms with Crippen LogP contribution in [-0.2, 0) is 4.79 Å². The van der Waals surface area contributed by atoms with Gasteiger partial charge in [-0.25, -0.2) is 0 Å². The minimum Gasteiger partial charge on any atom is -0.479 e. The minimum atomic E-state index is -0.432. The Kier molecular flexibility index (Phi) is 2.36. The first-order chi connectivity index (χ1) is 7.08. The molecule has 4 nitrogen and oxygen atoms in total. The number of ether oxygens (including phenoxy) is 1. The van der Waals surface area contributed by atoms with E-state index in [2.05, 4.69) is 5.32 Å². The Balaban J connectivity index is 2.37. The van der Waals surface area contributed by atoms with E-state index in [0.29, 0.717) is 11.4 Å². The molecule has 0 radical (unpaired) electrons. The number of nitrogens with two attached hydrogens (primary N) is 1. The van der Waals surface area contributed by atoms with Crippen LogP contribution in [0.5, 0.6) is 5.75 Å². The molecule has 1 unspecified atom stereocenters. The highest BCUT2D eigenvalue weighted by molar-refractivity contribution is 5.97. The van der Waals surface area contributed by atoms with Gasteiger partial charge in [0.1, 0.15) is 5.75 Å². The Morgan fingerprint density at radius 3 is 2.93 bits per heavy atom. The second-order valence-electron chi connectivity index (χ2n) is 3.79. The van der Waals surface area contributed by atoms with Crippen molar-refractivity contribution in [3.63, 3.8) is 0 Å². The number of benzene rings is 1. The van der Waals surface area contributed by atoms with Gasteiger partial charge in [-0.1, -0.05) is 6.07 Å². The van der Waals surface area contributed by atoms with Crippen LogP contribution in [-0.4, -0.2) is 12.0 Å². The van der Waals surface area contributed by atoms with Crippen LogP contribution in [0.15, 0.2) is 18.2 Å². The van der Waals surface area contributed by atoms with Gasteiger partial charge < -0.3 is 15.8 Å². The Morgan fingerprint density at radius 1 is 1.53 bits per heavy atom. The Bertz CT molecular complexity index is 402. The molecular weight excluding hydrogens is 192 g/mol. The molecule has 4 heteroatoms. The third kappa shape index (κ3) is 1.80. The third-order valence-corrected chi connectivity index (χ3v) is 2.46. The van der Waals surface area contributed by atoms with Gasteiger partial charge in [-0.05, 0) is 31.5 Å². The van der Waals surface area contributed by atoms with Gasteiger partial charge in [0.25, 0.3) is 5.91 Å². The van der Waals surface area contributed by atoms with Crippen molar-refractivity contribution >= 4 is 11.6 Å². The molecule has 80 valence electrons. The molecule has 0 spiro atoms. The van der Waals surface area contributed by atoms with E-state index in [1.165, 1.54) is 0 Å². The first kappa shape index (κ1) is 9.98. The molecule has 2 rings (SSSR count). The molecule has 2 atom stereocenters. The summed E-state index contributed by atoms with van der Waals surface area (Å²) in [6.07, 6.45) is -0.432. The number of anilines is 1. The van der Waals surface area contributed by atoms with E-state index in [0.717, 1.165) is 5.56 Å². The summed E-state index contributed by atoms with van der Waals surface area (Å²) < 4.78 is 5.43. The van der Waals surface area contributed by atoms with Crippen LogP contribution in [0.4, 0.5) is 5.69 Å². The molecule has 1 amide bonds. The van der Waals surface area contributed by atoms with Gasteiger partial charge in [0.15, 0.2) is 6.10 Å². The van der Waals surface area contributed by atoms with Crippen molar-refractivity contribution in [2.45, 2.75) is 26.0 Å². The number of nitrogens with one attached hydrogen (secondary N) is 1. The molecular formula is C11H14N2O2. The predicted octanol–water partition coefficient (Wildman–Crippen LogP) is 1.43. The molecule has 1 aliphatic rings. The van der Waals surface area contributed by atoms with Crippen molar-refractivity contribution in [3.05, 3.63) is 23.8 Å². The second-order valence-corrected chi connectivity index (χ2v) is 3.79. The smallest absolute Gasteiger partial charge is 0.265 e. The lowest BCUT2D eigenvalue weighted by Crippen LogP contribution is -2.34. The standard InChI is InChI=1S/C11H14N2O2/c1-6(12)8-3-4-10-9(5-8)13-11(14)7(2)15-10/h3-7H,12H2,1-2H3,(H,13,14)/t6-,7?/m0/s1. The van der Waals surface area contributed by atoms with Gasteiger partial charge >= 0.3 is 0 Å². The zero-order chi connectivity index (χ0) is 11.0. The number of amides is 1. The highest BCUT2D eigenvalue weighted by Gasteiger charge is 2.23. The summed E-state index contributed by atoms with van der Waals surface area (Å²) in [6.45, 7) is 3.62. The lowest BCUT2D eigenvalue weighted by Gasteiger charge is -2.24. The molecule has 1 heterocycles. The first-order valence-electron chi connectivity index (χ1n) is 4.95. The number of hydrogen-bond donors (Lipinski definition) is 2. The van der Waals surface area contributed by atoms with Crippen molar-refractivity contribution in [2.75, 3.05) is 5.32 Å². The highest BCUT2D eigenvalue weighted by Crippen LogP contribution is 2.31. The number of carbonyl (C=O) groups excluding carboxylic acids is 1. The average Bonchev–Trinajstić information content (AvgIpc) is 2.19. The van der Waals surface area contributed by atoms with Crippen LogP contribution in [0.25, 0.3) is 0 Å². The number of fused-ring (bicyclic) bond motifs is 1. The maximum Gasteiger partial charge on any atom is 0.265 e. The number of hydrogen-bond acceptors (Lipinski definition) is 3. The molecule has 0 saturated carbocycles. The van der Waals surface area contributed by atoms with E-state index in [4.69, 9.17) is 10.5 Å². The molecule has 0 aliphatic carbocycles. The van der Waals surface area contributed by atoms with Crippen molar-refractivity contribution < 1.29 is 9.53 Å². The summed E-state index contributed by atoms with van der Waals surface area (Å²) in [4.78, 5) is 11.4. The molecule has 1 aliphatic heterocycles. The normalized spacial score (nSPS) is 21.3. The van der Waals surface area contributed by atoms with E-state index >= 15 is 0 Å². The van der Waals surface area contributed by atoms with Gasteiger partial charge in [-0.3, -0.25) is 4.79 Å². The topological polar surface area (TPSA) is 64.3 Å². The van der Waals surface area contributed by atoms with Crippen LogP contribution in [0.3, 0.4) is 0 Å². The van der Waals surface area contributed by atoms with Crippen molar-refractivity contribution in [1.82, 2.24) is 0 Å². The van der Waals surface area contributed by atoms with Crippen molar-refractivity contribution in [1.29, 1.82) is 0 Å². The Morgan fingerprint density at radius 2 is 2.27 bits per heavy atom. The fourth-order valence-electron chi connectivity index (χ4n) is 1.51. The molecule has 1 aromatic carbocycles. The summed E-state index contributed by atoms with van der Waals surface area (Å²) in [5.41, 5.74) is 7.44. The van der Waals surface area contributed by atoms with Gasteiger partial charge in [-0.15, -0.1) is 0 Å². The maximum atomic E-state index is 11.4. The summed E-state index contributed by atoms with van der Waals surface area (Å²) in [5, 5.41) is 2.79. The molecule has 0 saturated heterocycles. The largest absolute Gasteiger partial charge is 0.479 e. The Labute approximate surface area is 88.4 Å². The van der Waals surface area contributed by atoms with Gasteiger partial charge in [0.05, 0.1) is 5.69 Å². The summed E-state index contributed by atoms with van der Waals surface area (Å²) in [7, 11) is 0.